The smallest absolute Gasteiger partial charge is 0.356 e. The van der Waals surface area contributed by atoms with Crippen LogP contribution in [-0.4, -0.2) is 67.7 Å². The van der Waals surface area contributed by atoms with Gasteiger partial charge in [0.15, 0.2) is 5.65 Å². The fourth-order valence-electron chi connectivity index (χ4n) is 4.59. The Morgan fingerprint density at radius 3 is 2.47 bits per heavy atom. The molecule has 2 aromatic carbocycles. The van der Waals surface area contributed by atoms with Gasteiger partial charge < -0.3 is 31.1 Å². The van der Waals surface area contributed by atoms with E-state index in [0.29, 0.717) is 12.2 Å². The predicted octanol–water partition coefficient (Wildman–Crippen LogP) is 2.10. The van der Waals surface area contributed by atoms with Crippen molar-refractivity contribution in [3.8, 4) is 17.2 Å². The summed E-state index contributed by atoms with van der Waals surface area (Å²) in [6.45, 7) is 5.14. The molecule has 1 aliphatic rings. The number of aromatic hydroxyl groups is 2. The number of phenolic OH excluding ortho intramolecular Hbond substituents is 2. The molecule has 5 rings (SSSR count). The molecule has 2 aromatic heterocycles. The van der Waals surface area contributed by atoms with Crippen molar-refractivity contribution in [1.29, 1.82) is 0 Å². The maximum absolute atomic E-state index is 13.1. The second-order valence-corrected chi connectivity index (χ2v) is 9.93. The third-order valence-electron chi connectivity index (χ3n) is 6.66. The lowest BCUT2D eigenvalue weighted by Gasteiger charge is -2.22. The van der Waals surface area contributed by atoms with Crippen LogP contribution in [-0.2, 0) is 10.2 Å². The molecule has 0 bridgehead atoms. The molecule has 0 aliphatic carbocycles. The molecular weight excluding hydrogens is 488 g/mol. The van der Waals surface area contributed by atoms with Crippen LogP contribution in [0.5, 0.6) is 11.5 Å². The minimum absolute atomic E-state index is 0.0416. The first kappa shape index (κ1) is 25.0. The zero-order valence-electron chi connectivity index (χ0n) is 21.4. The molecule has 1 amide bonds. The molecule has 0 radical (unpaired) electrons. The molecule has 3 heterocycles. The van der Waals surface area contributed by atoms with Gasteiger partial charge in [0.25, 0.3) is 0 Å². The van der Waals surface area contributed by atoms with Crippen LogP contribution >= 0.6 is 0 Å². The molecule has 0 saturated carbocycles. The third kappa shape index (κ3) is 4.04. The van der Waals surface area contributed by atoms with E-state index in [4.69, 9.17) is 5.73 Å². The number of nitrogens with two attached hydrogens (primary N) is 1. The topological polar surface area (TPSA) is 163 Å². The predicted molar refractivity (Wildman–Crippen MR) is 144 cm³/mol. The minimum Gasteiger partial charge on any atom is -0.506 e. The molecule has 38 heavy (non-hydrogen) atoms. The lowest BCUT2D eigenvalue weighted by Crippen LogP contribution is -2.39. The summed E-state index contributed by atoms with van der Waals surface area (Å²) in [4.78, 5) is 42.4. The van der Waals surface area contributed by atoms with Crippen molar-refractivity contribution in [1.82, 2.24) is 24.4 Å². The SMILES string of the molecule is CN(C)CCN1C(=O)C(C)(C)c2cc(Nc3ncc4c(N)n(-c5c(O)cccc5O)c(=O)nc4n3)ccc21. The van der Waals surface area contributed by atoms with Gasteiger partial charge in [-0.3, -0.25) is 4.79 Å². The molecule has 0 unspecified atom stereocenters. The van der Waals surface area contributed by atoms with Crippen LogP contribution in [0, 0.1) is 0 Å². The van der Waals surface area contributed by atoms with Gasteiger partial charge in [0.2, 0.25) is 11.9 Å². The molecule has 0 saturated heterocycles. The van der Waals surface area contributed by atoms with Gasteiger partial charge >= 0.3 is 5.69 Å². The number of anilines is 4. The number of para-hydroxylation sites is 1. The maximum Gasteiger partial charge on any atom is 0.356 e. The molecule has 0 spiro atoms. The van der Waals surface area contributed by atoms with E-state index in [0.717, 1.165) is 22.4 Å². The summed E-state index contributed by atoms with van der Waals surface area (Å²) in [6.07, 6.45) is 1.41. The van der Waals surface area contributed by atoms with Gasteiger partial charge in [-0.25, -0.2) is 14.3 Å². The number of nitrogens with one attached hydrogen (secondary N) is 1. The average molecular weight is 517 g/mol. The zero-order chi connectivity index (χ0) is 27.4. The van der Waals surface area contributed by atoms with Crippen LogP contribution < -0.4 is 21.6 Å². The van der Waals surface area contributed by atoms with Gasteiger partial charge in [0, 0.05) is 30.7 Å². The highest BCUT2D eigenvalue weighted by atomic mass is 16.3. The quantitative estimate of drug-likeness (QED) is 0.298. The Kier molecular flexibility index (Phi) is 5.91. The maximum atomic E-state index is 13.1. The van der Waals surface area contributed by atoms with E-state index in [1.54, 1.807) is 0 Å². The van der Waals surface area contributed by atoms with Gasteiger partial charge in [0.05, 0.1) is 10.8 Å². The van der Waals surface area contributed by atoms with Crippen LogP contribution in [0.1, 0.15) is 19.4 Å². The number of phenols is 2. The largest absolute Gasteiger partial charge is 0.506 e. The number of hydrogen-bond acceptors (Lipinski definition) is 10. The summed E-state index contributed by atoms with van der Waals surface area (Å²) in [5.41, 5.74) is 6.98. The zero-order valence-corrected chi connectivity index (χ0v) is 21.4. The molecule has 12 nitrogen and oxygen atoms in total. The Labute approximate surface area is 218 Å². The molecular formula is C26H28N8O4. The monoisotopic (exact) mass is 516 g/mol. The first-order chi connectivity index (χ1) is 18.0. The Balaban J connectivity index is 1.49. The number of benzene rings is 2. The summed E-state index contributed by atoms with van der Waals surface area (Å²) in [6, 6.07) is 9.71. The van der Waals surface area contributed by atoms with Gasteiger partial charge in [-0.05, 0) is 63.8 Å². The van der Waals surface area contributed by atoms with E-state index in [1.807, 2.05) is 55.9 Å². The van der Waals surface area contributed by atoms with Crippen molar-refractivity contribution in [3.63, 3.8) is 0 Å². The van der Waals surface area contributed by atoms with E-state index < -0.39 is 11.1 Å². The summed E-state index contributed by atoms with van der Waals surface area (Å²) < 4.78 is 0.908. The molecule has 1 aliphatic heterocycles. The number of likely N-dealkylation sites (N-methyl/N-ethyl adjacent to an activating group) is 1. The summed E-state index contributed by atoms with van der Waals surface area (Å²) in [5.74, 6) is -0.535. The number of carbonyl (C=O) groups excluding carboxylic acids is 1. The second kappa shape index (κ2) is 8.99. The Morgan fingerprint density at radius 2 is 1.79 bits per heavy atom. The first-order valence-electron chi connectivity index (χ1n) is 11.9. The molecule has 12 heteroatoms. The van der Waals surface area contributed by atoms with Crippen LogP contribution in [0.2, 0.25) is 0 Å². The van der Waals surface area contributed by atoms with Crippen molar-refractivity contribution in [3.05, 3.63) is 58.6 Å². The summed E-state index contributed by atoms with van der Waals surface area (Å²) >= 11 is 0. The second-order valence-electron chi connectivity index (χ2n) is 9.93. The normalized spacial score (nSPS) is 14.3. The number of nitrogens with zero attached hydrogens (tertiary/aromatic N) is 6. The highest BCUT2D eigenvalue weighted by Crippen LogP contribution is 2.43. The lowest BCUT2D eigenvalue weighted by atomic mass is 9.86. The van der Waals surface area contributed by atoms with Crippen molar-refractivity contribution in [2.75, 3.05) is 43.1 Å². The molecule has 5 N–H and O–H groups in total. The summed E-state index contributed by atoms with van der Waals surface area (Å²) in [7, 11) is 3.94. The van der Waals surface area contributed by atoms with E-state index in [9.17, 15) is 19.8 Å². The molecule has 0 atom stereocenters. The number of amides is 1. The lowest BCUT2D eigenvalue weighted by molar-refractivity contribution is -0.122. The van der Waals surface area contributed by atoms with Gasteiger partial charge in [0.1, 0.15) is 23.0 Å². The van der Waals surface area contributed by atoms with Crippen molar-refractivity contribution < 1.29 is 15.0 Å². The fourth-order valence-corrected chi connectivity index (χ4v) is 4.59. The van der Waals surface area contributed by atoms with E-state index in [1.165, 1.54) is 24.4 Å². The summed E-state index contributed by atoms with van der Waals surface area (Å²) in [5, 5.41) is 23.8. The van der Waals surface area contributed by atoms with E-state index >= 15 is 0 Å². The van der Waals surface area contributed by atoms with Gasteiger partial charge in [-0.2, -0.15) is 9.97 Å². The van der Waals surface area contributed by atoms with Crippen LogP contribution in [0.3, 0.4) is 0 Å². The number of nitrogen functional groups attached to an aromatic ring is 1. The number of carbonyl (C=O) groups is 1. The standard InChI is InChI=1S/C26H28N8O4/c1-26(2)16-12-14(8-9-17(16)33(23(26)37)11-10-32(3)4)29-24-28-13-15-21(27)34(25(38)31-22(15)30-24)20-18(35)6-5-7-19(20)36/h5-9,12-13,35-36H,10-11,27H2,1-4H3,(H,29,30,31,38). The first-order valence-corrected chi connectivity index (χ1v) is 11.9. The van der Waals surface area contributed by atoms with Gasteiger partial charge in [-0.1, -0.05) is 6.07 Å². The number of hydrogen-bond donors (Lipinski definition) is 4. The number of aromatic nitrogens is 4. The fraction of sp³-hybridized carbons (Fsp3) is 0.269. The Bertz CT molecular complexity index is 1630. The van der Waals surface area contributed by atoms with Crippen molar-refractivity contribution in [2.45, 2.75) is 19.3 Å². The van der Waals surface area contributed by atoms with E-state index in [2.05, 4.69) is 20.3 Å². The van der Waals surface area contributed by atoms with Crippen LogP contribution in [0.25, 0.3) is 16.7 Å². The minimum atomic E-state index is -0.827. The Hall–Kier alpha value is -4.71. The number of rotatable bonds is 6. The van der Waals surface area contributed by atoms with Crippen molar-refractivity contribution in [2.24, 2.45) is 0 Å². The highest BCUT2D eigenvalue weighted by Gasteiger charge is 2.43. The van der Waals surface area contributed by atoms with E-state index in [-0.39, 0.29) is 45.9 Å². The van der Waals surface area contributed by atoms with Gasteiger partial charge in [-0.15, -0.1) is 0 Å². The third-order valence-corrected chi connectivity index (χ3v) is 6.66. The Morgan fingerprint density at radius 1 is 1.08 bits per heavy atom. The molecule has 4 aromatic rings. The number of fused-ring (bicyclic) bond motifs is 2. The van der Waals surface area contributed by atoms with Crippen LogP contribution in [0.15, 0.2) is 47.4 Å². The van der Waals surface area contributed by atoms with Crippen molar-refractivity contribution >= 4 is 40.1 Å². The average Bonchev–Trinajstić information content (AvgIpc) is 3.04. The molecule has 0 fully saturated rings. The van der Waals surface area contributed by atoms with Crippen LogP contribution in [0.4, 0.5) is 23.1 Å². The highest BCUT2D eigenvalue weighted by molar-refractivity contribution is 6.08. The molecule has 196 valence electrons.